The van der Waals surface area contributed by atoms with Gasteiger partial charge in [-0.2, -0.15) is 0 Å². The normalized spacial score (nSPS) is 15.6. The van der Waals surface area contributed by atoms with Crippen molar-refractivity contribution >= 4 is 5.97 Å². The van der Waals surface area contributed by atoms with Crippen LogP contribution in [0.1, 0.15) is 62.5 Å². The van der Waals surface area contributed by atoms with E-state index in [-0.39, 0.29) is 5.92 Å². The topological polar surface area (TPSA) is 55.8 Å². The maximum atomic E-state index is 11.2. The maximum Gasteiger partial charge on any atom is 0.306 e. The van der Waals surface area contributed by atoms with Crippen molar-refractivity contribution in [1.29, 1.82) is 0 Å². The Labute approximate surface area is 173 Å². The monoisotopic (exact) mass is 396 g/mol. The van der Waals surface area contributed by atoms with Gasteiger partial charge in [0.2, 0.25) is 0 Å². The molecule has 1 aliphatic rings. The zero-order valence-electron chi connectivity index (χ0n) is 17.3. The van der Waals surface area contributed by atoms with Gasteiger partial charge in [0.15, 0.2) is 0 Å². The van der Waals surface area contributed by atoms with Gasteiger partial charge in [-0.15, -0.1) is 0 Å². The molecule has 1 aliphatic carbocycles. The van der Waals surface area contributed by atoms with E-state index in [1.54, 1.807) is 0 Å². The van der Waals surface area contributed by atoms with E-state index in [2.05, 4.69) is 24.3 Å². The fourth-order valence-corrected chi connectivity index (χ4v) is 4.04. The van der Waals surface area contributed by atoms with E-state index < -0.39 is 5.97 Å². The number of carbonyl (C=O) groups is 1. The van der Waals surface area contributed by atoms with Crippen molar-refractivity contribution in [2.24, 2.45) is 5.92 Å². The van der Waals surface area contributed by atoms with Gasteiger partial charge in [-0.1, -0.05) is 50.5 Å². The van der Waals surface area contributed by atoms with Gasteiger partial charge in [0, 0.05) is 0 Å². The molecular weight excluding hydrogens is 364 g/mol. The third-order valence-corrected chi connectivity index (χ3v) is 5.80. The average molecular weight is 397 g/mol. The molecule has 0 heterocycles. The maximum absolute atomic E-state index is 11.2. The summed E-state index contributed by atoms with van der Waals surface area (Å²) in [6.45, 7) is 2.82. The molecule has 1 atom stereocenters. The van der Waals surface area contributed by atoms with Crippen molar-refractivity contribution in [2.45, 2.75) is 57.8 Å². The summed E-state index contributed by atoms with van der Waals surface area (Å²) in [7, 11) is 0. The zero-order chi connectivity index (χ0) is 20.5. The number of carboxylic acids is 1. The molecule has 29 heavy (non-hydrogen) atoms. The van der Waals surface area contributed by atoms with Crippen LogP contribution in [0.3, 0.4) is 0 Å². The average Bonchev–Trinajstić information content (AvgIpc) is 2.76. The Kier molecular flexibility index (Phi) is 7.97. The van der Waals surface area contributed by atoms with Gasteiger partial charge in [0.25, 0.3) is 0 Å². The van der Waals surface area contributed by atoms with Crippen LogP contribution in [0.15, 0.2) is 48.5 Å². The van der Waals surface area contributed by atoms with Gasteiger partial charge in [-0.25, -0.2) is 0 Å². The molecule has 1 unspecified atom stereocenters. The molecule has 0 spiro atoms. The van der Waals surface area contributed by atoms with Crippen molar-refractivity contribution in [3.8, 4) is 11.5 Å². The van der Waals surface area contributed by atoms with E-state index in [1.807, 2.05) is 31.2 Å². The lowest BCUT2D eigenvalue weighted by molar-refractivity contribution is -0.141. The highest BCUT2D eigenvalue weighted by atomic mass is 16.5. The van der Waals surface area contributed by atoms with Gasteiger partial charge in [-0.3, -0.25) is 4.79 Å². The molecule has 4 nitrogen and oxygen atoms in total. The van der Waals surface area contributed by atoms with Crippen LogP contribution in [0.2, 0.25) is 0 Å². The van der Waals surface area contributed by atoms with Crippen LogP contribution in [-0.4, -0.2) is 24.3 Å². The standard InChI is InChI=1S/C25H32O4/c1-2-20(25(26)27)17-19-7-6-10-24(18-19)29-16-15-28-23-13-11-22(12-14-23)21-8-4-3-5-9-21/h6-7,10-14,18,20-21H,2-5,8-9,15-17H2,1H3,(H,26,27). The second kappa shape index (κ2) is 10.9. The van der Waals surface area contributed by atoms with E-state index in [0.717, 1.165) is 17.1 Å². The molecule has 1 fully saturated rings. The van der Waals surface area contributed by atoms with Gasteiger partial charge >= 0.3 is 5.97 Å². The quantitative estimate of drug-likeness (QED) is 0.512. The van der Waals surface area contributed by atoms with E-state index >= 15 is 0 Å². The highest BCUT2D eigenvalue weighted by molar-refractivity contribution is 5.70. The summed E-state index contributed by atoms with van der Waals surface area (Å²) in [5.74, 6) is 1.22. The highest BCUT2D eigenvalue weighted by Crippen LogP contribution is 2.33. The fraction of sp³-hybridized carbons (Fsp3) is 0.480. The van der Waals surface area contributed by atoms with E-state index in [1.165, 1.54) is 37.7 Å². The molecule has 156 valence electrons. The van der Waals surface area contributed by atoms with Gasteiger partial charge in [0.1, 0.15) is 24.7 Å². The van der Waals surface area contributed by atoms with E-state index in [4.69, 9.17) is 9.47 Å². The second-order valence-corrected chi connectivity index (χ2v) is 7.90. The lowest BCUT2D eigenvalue weighted by Crippen LogP contribution is -2.15. The molecule has 2 aromatic rings. The van der Waals surface area contributed by atoms with Crippen LogP contribution in [-0.2, 0) is 11.2 Å². The Bertz CT molecular complexity index is 763. The van der Waals surface area contributed by atoms with Crippen molar-refractivity contribution in [3.05, 3.63) is 59.7 Å². The first-order valence-electron chi connectivity index (χ1n) is 10.8. The molecule has 4 heteroatoms. The number of hydrogen-bond acceptors (Lipinski definition) is 3. The number of ether oxygens (including phenoxy) is 2. The van der Waals surface area contributed by atoms with Crippen LogP contribution in [0.25, 0.3) is 0 Å². The molecule has 0 saturated heterocycles. The molecule has 0 aliphatic heterocycles. The fourth-order valence-electron chi connectivity index (χ4n) is 4.04. The second-order valence-electron chi connectivity index (χ2n) is 7.90. The number of aliphatic carboxylic acids is 1. The number of carboxylic acid groups (broad SMARTS) is 1. The van der Waals surface area contributed by atoms with E-state index in [9.17, 15) is 9.90 Å². The molecule has 2 aromatic carbocycles. The Morgan fingerprint density at radius 3 is 2.34 bits per heavy atom. The van der Waals surface area contributed by atoms with Crippen LogP contribution >= 0.6 is 0 Å². The van der Waals surface area contributed by atoms with Gasteiger partial charge < -0.3 is 14.6 Å². The smallest absolute Gasteiger partial charge is 0.306 e. The summed E-state index contributed by atoms with van der Waals surface area (Å²) in [5, 5.41) is 9.23. The Balaban J connectivity index is 1.43. The number of benzene rings is 2. The first-order valence-corrected chi connectivity index (χ1v) is 10.8. The Morgan fingerprint density at radius 1 is 1.00 bits per heavy atom. The van der Waals surface area contributed by atoms with Gasteiger partial charge in [-0.05, 0) is 67.0 Å². The van der Waals surface area contributed by atoms with Crippen molar-refractivity contribution in [2.75, 3.05) is 13.2 Å². The summed E-state index contributed by atoms with van der Waals surface area (Å²) in [6.07, 6.45) is 7.81. The van der Waals surface area contributed by atoms with Crippen LogP contribution < -0.4 is 9.47 Å². The molecular formula is C25H32O4. The lowest BCUT2D eigenvalue weighted by atomic mass is 9.84. The molecule has 0 aromatic heterocycles. The van der Waals surface area contributed by atoms with Crippen molar-refractivity contribution in [1.82, 2.24) is 0 Å². The summed E-state index contributed by atoms with van der Waals surface area (Å²) < 4.78 is 11.6. The molecule has 0 radical (unpaired) electrons. The molecule has 3 rings (SSSR count). The number of rotatable bonds is 10. The first kappa shape index (κ1) is 21.2. The molecule has 1 saturated carbocycles. The number of hydrogen-bond donors (Lipinski definition) is 1. The third kappa shape index (κ3) is 6.52. The predicted molar refractivity (Wildman–Crippen MR) is 115 cm³/mol. The molecule has 1 N–H and O–H groups in total. The van der Waals surface area contributed by atoms with Crippen molar-refractivity contribution in [3.63, 3.8) is 0 Å². The minimum absolute atomic E-state index is 0.356. The summed E-state index contributed by atoms with van der Waals surface area (Å²) in [5.41, 5.74) is 2.41. The lowest BCUT2D eigenvalue weighted by Gasteiger charge is -2.22. The summed E-state index contributed by atoms with van der Waals surface area (Å²) >= 11 is 0. The summed E-state index contributed by atoms with van der Waals surface area (Å²) in [4.78, 5) is 11.2. The van der Waals surface area contributed by atoms with Crippen LogP contribution in [0, 0.1) is 5.92 Å². The summed E-state index contributed by atoms with van der Waals surface area (Å²) in [6, 6.07) is 16.2. The predicted octanol–water partition coefficient (Wildman–Crippen LogP) is 5.85. The largest absolute Gasteiger partial charge is 0.490 e. The third-order valence-electron chi connectivity index (χ3n) is 5.80. The SMILES string of the molecule is CCC(Cc1cccc(OCCOc2ccc(C3CCCCC3)cc2)c1)C(=O)O. The van der Waals surface area contributed by atoms with Crippen molar-refractivity contribution < 1.29 is 19.4 Å². The van der Waals surface area contributed by atoms with E-state index in [0.29, 0.717) is 32.0 Å². The zero-order valence-corrected chi connectivity index (χ0v) is 17.3. The van der Waals surface area contributed by atoms with Crippen LogP contribution in [0.5, 0.6) is 11.5 Å². The molecule has 0 bridgehead atoms. The highest BCUT2D eigenvalue weighted by Gasteiger charge is 2.16. The van der Waals surface area contributed by atoms with Gasteiger partial charge in [0.05, 0.1) is 5.92 Å². The minimum Gasteiger partial charge on any atom is -0.490 e. The molecule has 0 amide bonds. The van der Waals surface area contributed by atoms with Crippen LogP contribution in [0.4, 0.5) is 0 Å². The minimum atomic E-state index is -0.748. The first-order chi connectivity index (χ1) is 14.2. The Morgan fingerprint density at radius 2 is 1.69 bits per heavy atom. The Hall–Kier alpha value is -2.49.